The first-order valence-corrected chi connectivity index (χ1v) is 5.86. The number of aryl methyl sites for hydroxylation is 1. The SMILES string of the molecule is COc1c(Cl)cc(C(F)(F)F)cc1-c1cnn(C)c1N. The Hall–Kier alpha value is -1.89. The number of aromatic nitrogens is 2. The van der Waals surface area contributed by atoms with Crippen LogP contribution in [0.3, 0.4) is 0 Å². The lowest BCUT2D eigenvalue weighted by molar-refractivity contribution is -0.137. The predicted octanol–water partition coefficient (Wildman–Crippen LogP) is 3.35. The van der Waals surface area contributed by atoms with E-state index in [-0.39, 0.29) is 22.2 Å². The van der Waals surface area contributed by atoms with Crippen molar-refractivity contribution >= 4 is 17.4 Å². The summed E-state index contributed by atoms with van der Waals surface area (Å²) in [5, 5.41) is 3.76. The molecule has 0 spiro atoms. The van der Waals surface area contributed by atoms with Gasteiger partial charge < -0.3 is 10.5 Å². The van der Waals surface area contributed by atoms with E-state index >= 15 is 0 Å². The highest BCUT2D eigenvalue weighted by atomic mass is 35.5. The van der Waals surface area contributed by atoms with Crippen molar-refractivity contribution in [3.05, 3.63) is 28.9 Å². The second-order valence-electron chi connectivity index (χ2n) is 4.10. The quantitative estimate of drug-likeness (QED) is 0.925. The van der Waals surface area contributed by atoms with Crippen LogP contribution in [0.4, 0.5) is 19.0 Å². The van der Waals surface area contributed by atoms with Gasteiger partial charge in [0.05, 0.1) is 23.9 Å². The molecule has 0 fully saturated rings. The molecular weight excluding hydrogens is 295 g/mol. The van der Waals surface area contributed by atoms with Crippen molar-refractivity contribution in [1.29, 1.82) is 0 Å². The Morgan fingerprint density at radius 1 is 1.30 bits per heavy atom. The van der Waals surface area contributed by atoms with Gasteiger partial charge in [0, 0.05) is 18.2 Å². The number of anilines is 1. The molecule has 2 rings (SSSR count). The van der Waals surface area contributed by atoms with E-state index in [0.29, 0.717) is 5.56 Å². The second kappa shape index (κ2) is 4.90. The summed E-state index contributed by atoms with van der Waals surface area (Å²) in [5.41, 5.74) is 5.40. The number of hydrogen-bond acceptors (Lipinski definition) is 3. The normalized spacial score (nSPS) is 11.7. The molecule has 20 heavy (non-hydrogen) atoms. The van der Waals surface area contributed by atoms with E-state index in [4.69, 9.17) is 22.1 Å². The van der Waals surface area contributed by atoms with Gasteiger partial charge >= 0.3 is 6.18 Å². The molecular formula is C12H11ClF3N3O. The van der Waals surface area contributed by atoms with Gasteiger partial charge in [-0.3, -0.25) is 4.68 Å². The third kappa shape index (κ3) is 2.40. The minimum absolute atomic E-state index is 0.124. The van der Waals surface area contributed by atoms with Crippen molar-refractivity contribution < 1.29 is 17.9 Å². The summed E-state index contributed by atoms with van der Waals surface area (Å²) in [4.78, 5) is 0. The minimum atomic E-state index is -4.51. The molecule has 1 aromatic heterocycles. The van der Waals surface area contributed by atoms with Gasteiger partial charge in [0.2, 0.25) is 0 Å². The van der Waals surface area contributed by atoms with E-state index in [2.05, 4.69) is 5.10 Å². The van der Waals surface area contributed by atoms with Crippen molar-refractivity contribution in [3.8, 4) is 16.9 Å². The van der Waals surface area contributed by atoms with E-state index in [1.54, 1.807) is 7.05 Å². The maximum absolute atomic E-state index is 12.9. The summed E-state index contributed by atoms with van der Waals surface area (Å²) in [6, 6.07) is 1.76. The highest BCUT2D eigenvalue weighted by molar-refractivity contribution is 6.32. The first-order valence-electron chi connectivity index (χ1n) is 5.48. The largest absolute Gasteiger partial charge is 0.495 e. The predicted molar refractivity (Wildman–Crippen MR) is 69.6 cm³/mol. The molecule has 108 valence electrons. The van der Waals surface area contributed by atoms with Gasteiger partial charge in [0.25, 0.3) is 0 Å². The maximum Gasteiger partial charge on any atom is 0.416 e. The molecule has 1 heterocycles. The number of ether oxygens (including phenoxy) is 1. The van der Waals surface area contributed by atoms with Crippen LogP contribution < -0.4 is 10.5 Å². The van der Waals surface area contributed by atoms with Crippen LogP contribution in [0.1, 0.15) is 5.56 Å². The molecule has 0 aliphatic heterocycles. The van der Waals surface area contributed by atoms with Crippen molar-refractivity contribution in [2.24, 2.45) is 7.05 Å². The highest BCUT2D eigenvalue weighted by Gasteiger charge is 2.33. The zero-order chi connectivity index (χ0) is 15.1. The summed E-state index contributed by atoms with van der Waals surface area (Å²) < 4.78 is 45.0. The number of hydrogen-bond donors (Lipinski definition) is 1. The van der Waals surface area contributed by atoms with Crippen LogP contribution in [0.15, 0.2) is 18.3 Å². The number of alkyl halides is 3. The zero-order valence-corrected chi connectivity index (χ0v) is 11.4. The monoisotopic (exact) mass is 305 g/mol. The Morgan fingerprint density at radius 2 is 1.95 bits per heavy atom. The fourth-order valence-corrected chi connectivity index (χ4v) is 2.12. The third-order valence-electron chi connectivity index (χ3n) is 2.85. The molecule has 0 atom stereocenters. The summed E-state index contributed by atoms with van der Waals surface area (Å²) in [7, 11) is 2.91. The lowest BCUT2D eigenvalue weighted by Gasteiger charge is -2.14. The molecule has 0 saturated carbocycles. The van der Waals surface area contributed by atoms with E-state index in [1.807, 2.05) is 0 Å². The molecule has 2 aromatic rings. The number of nitrogen functional groups attached to an aromatic ring is 1. The van der Waals surface area contributed by atoms with Crippen LogP contribution in [0.5, 0.6) is 5.75 Å². The van der Waals surface area contributed by atoms with Gasteiger partial charge in [-0.15, -0.1) is 0 Å². The van der Waals surface area contributed by atoms with Crippen LogP contribution in [0.25, 0.3) is 11.1 Å². The average molecular weight is 306 g/mol. The first kappa shape index (κ1) is 14.5. The van der Waals surface area contributed by atoms with Gasteiger partial charge in [-0.1, -0.05) is 11.6 Å². The minimum Gasteiger partial charge on any atom is -0.495 e. The molecule has 0 aliphatic carbocycles. The lowest BCUT2D eigenvalue weighted by Crippen LogP contribution is -2.06. The Morgan fingerprint density at radius 3 is 2.40 bits per heavy atom. The third-order valence-corrected chi connectivity index (χ3v) is 3.13. The van der Waals surface area contributed by atoms with Crippen LogP contribution in [0.2, 0.25) is 5.02 Å². The fourth-order valence-electron chi connectivity index (χ4n) is 1.82. The molecule has 1 aromatic carbocycles. The molecule has 0 radical (unpaired) electrons. The summed E-state index contributed by atoms with van der Waals surface area (Å²) in [5.74, 6) is 0.345. The van der Waals surface area contributed by atoms with E-state index in [0.717, 1.165) is 12.1 Å². The summed E-state index contributed by atoms with van der Waals surface area (Å²) in [6.07, 6.45) is -3.15. The van der Waals surface area contributed by atoms with Crippen LogP contribution in [-0.4, -0.2) is 16.9 Å². The number of rotatable bonds is 2. The van der Waals surface area contributed by atoms with Gasteiger partial charge in [-0.05, 0) is 12.1 Å². The van der Waals surface area contributed by atoms with Crippen LogP contribution in [-0.2, 0) is 13.2 Å². The summed E-state index contributed by atoms with van der Waals surface area (Å²) >= 11 is 5.86. The molecule has 0 unspecified atom stereocenters. The smallest absolute Gasteiger partial charge is 0.416 e. The van der Waals surface area contributed by atoms with Crippen molar-refractivity contribution in [1.82, 2.24) is 9.78 Å². The summed E-state index contributed by atoms with van der Waals surface area (Å²) in [6.45, 7) is 0. The van der Waals surface area contributed by atoms with Crippen molar-refractivity contribution in [2.45, 2.75) is 6.18 Å². The van der Waals surface area contributed by atoms with E-state index < -0.39 is 11.7 Å². The van der Waals surface area contributed by atoms with Gasteiger partial charge in [-0.2, -0.15) is 18.3 Å². The Labute approximate surface area is 117 Å². The van der Waals surface area contributed by atoms with Gasteiger partial charge in [0.15, 0.2) is 0 Å². The first-order chi connectivity index (χ1) is 9.25. The van der Waals surface area contributed by atoms with Crippen molar-refractivity contribution in [2.75, 3.05) is 12.8 Å². The molecule has 0 saturated heterocycles. The molecule has 4 nitrogen and oxygen atoms in total. The highest BCUT2D eigenvalue weighted by Crippen LogP contribution is 2.43. The average Bonchev–Trinajstić information content (AvgIpc) is 2.68. The number of benzene rings is 1. The molecule has 8 heteroatoms. The molecule has 0 bridgehead atoms. The Bertz CT molecular complexity index is 652. The van der Waals surface area contributed by atoms with Gasteiger partial charge in [-0.25, -0.2) is 0 Å². The topological polar surface area (TPSA) is 53.1 Å². The fraction of sp³-hybridized carbons (Fsp3) is 0.250. The van der Waals surface area contributed by atoms with E-state index in [9.17, 15) is 13.2 Å². The standard InChI is InChI=1S/C12H11ClF3N3O/c1-19-11(17)8(5-18-19)7-3-6(12(14,15)16)4-9(13)10(7)20-2/h3-5H,17H2,1-2H3. The number of nitrogens with zero attached hydrogens (tertiary/aromatic N) is 2. The Kier molecular flexibility index (Phi) is 3.56. The zero-order valence-electron chi connectivity index (χ0n) is 10.6. The second-order valence-corrected chi connectivity index (χ2v) is 4.51. The number of methoxy groups -OCH3 is 1. The van der Waals surface area contributed by atoms with Crippen LogP contribution in [0, 0.1) is 0 Å². The lowest BCUT2D eigenvalue weighted by atomic mass is 10.0. The van der Waals surface area contributed by atoms with Crippen molar-refractivity contribution in [3.63, 3.8) is 0 Å². The van der Waals surface area contributed by atoms with Crippen LogP contribution >= 0.6 is 11.6 Å². The molecule has 0 amide bonds. The van der Waals surface area contributed by atoms with E-state index in [1.165, 1.54) is 18.0 Å². The number of nitrogens with two attached hydrogens (primary N) is 1. The Balaban J connectivity index is 2.73. The molecule has 2 N–H and O–H groups in total. The molecule has 0 aliphatic rings. The number of halogens is 4. The maximum atomic E-state index is 12.9. The van der Waals surface area contributed by atoms with Gasteiger partial charge in [0.1, 0.15) is 11.6 Å².